The Morgan fingerprint density at radius 3 is 2.48 bits per heavy atom. The summed E-state index contributed by atoms with van der Waals surface area (Å²) in [7, 11) is 0. The van der Waals surface area contributed by atoms with Crippen molar-refractivity contribution in [3.63, 3.8) is 0 Å². The van der Waals surface area contributed by atoms with Crippen LogP contribution in [-0.4, -0.2) is 17.0 Å². The number of aryl methyl sites for hydroxylation is 1. The molecule has 0 aromatic heterocycles. The molecule has 0 aliphatic carbocycles. The van der Waals surface area contributed by atoms with Crippen LogP contribution in [0.4, 0.5) is 5.69 Å². The second-order valence-electron chi connectivity index (χ2n) is 7.04. The molecular weight excluding hydrogens is 508 g/mol. The van der Waals surface area contributed by atoms with Gasteiger partial charge in [-0.25, -0.2) is 4.79 Å². The minimum atomic E-state index is -0.999. The normalized spacial score (nSPS) is 10.9. The van der Waals surface area contributed by atoms with Crippen molar-refractivity contribution in [2.45, 2.75) is 13.5 Å². The Hall–Kier alpha value is -3.60. The van der Waals surface area contributed by atoms with Crippen molar-refractivity contribution in [2.24, 2.45) is 0 Å². The molecule has 0 saturated heterocycles. The lowest BCUT2D eigenvalue weighted by Gasteiger charge is -2.12. The molecule has 0 aliphatic rings. The standard InChI is InChI=1S/C25H18BrClN2O4/c1-15-4-2-3-5-22(15)29-24(30)19(13-28)10-17-11-20(26)23(21(27)12-17)33-14-16-6-8-18(9-7-16)25(31)32/h2-12H,14H2,1H3,(H,29,30)(H,31,32)/b19-10-. The van der Waals surface area contributed by atoms with Gasteiger partial charge in [-0.2, -0.15) is 5.26 Å². The molecule has 0 saturated carbocycles. The number of para-hydroxylation sites is 1. The van der Waals surface area contributed by atoms with E-state index in [1.54, 1.807) is 36.4 Å². The molecule has 3 rings (SSSR count). The first-order valence-electron chi connectivity index (χ1n) is 9.71. The summed E-state index contributed by atoms with van der Waals surface area (Å²) in [5, 5.41) is 21.5. The number of carbonyl (C=O) groups excluding carboxylic acids is 1. The SMILES string of the molecule is Cc1ccccc1NC(=O)/C(C#N)=C\c1cc(Cl)c(OCc2ccc(C(=O)O)cc2)c(Br)c1. The van der Waals surface area contributed by atoms with Crippen molar-refractivity contribution in [2.75, 3.05) is 5.32 Å². The molecule has 0 spiro atoms. The van der Waals surface area contributed by atoms with Crippen molar-refractivity contribution in [3.05, 3.63) is 98.0 Å². The van der Waals surface area contributed by atoms with Crippen LogP contribution in [-0.2, 0) is 11.4 Å². The molecule has 6 nitrogen and oxygen atoms in total. The lowest BCUT2D eigenvalue weighted by molar-refractivity contribution is -0.112. The van der Waals surface area contributed by atoms with E-state index in [9.17, 15) is 14.9 Å². The highest BCUT2D eigenvalue weighted by atomic mass is 79.9. The predicted molar refractivity (Wildman–Crippen MR) is 130 cm³/mol. The quantitative estimate of drug-likeness (QED) is 0.281. The first kappa shape index (κ1) is 24.1. The number of nitrogens with zero attached hydrogens (tertiary/aromatic N) is 1. The molecule has 8 heteroatoms. The van der Waals surface area contributed by atoms with Crippen molar-refractivity contribution in [1.82, 2.24) is 0 Å². The Kier molecular flexibility index (Phi) is 7.88. The second-order valence-corrected chi connectivity index (χ2v) is 8.30. The lowest BCUT2D eigenvalue weighted by Crippen LogP contribution is -2.14. The summed E-state index contributed by atoms with van der Waals surface area (Å²) >= 11 is 9.79. The number of hydrogen-bond donors (Lipinski definition) is 2. The zero-order valence-electron chi connectivity index (χ0n) is 17.4. The van der Waals surface area contributed by atoms with E-state index in [4.69, 9.17) is 21.4 Å². The smallest absolute Gasteiger partial charge is 0.335 e. The first-order valence-corrected chi connectivity index (χ1v) is 10.9. The Morgan fingerprint density at radius 2 is 1.88 bits per heavy atom. The van der Waals surface area contributed by atoms with E-state index in [-0.39, 0.29) is 22.8 Å². The maximum absolute atomic E-state index is 12.6. The number of halogens is 2. The van der Waals surface area contributed by atoms with Gasteiger partial charge in [0.15, 0.2) is 5.75 Å². The summed E-state index contributed by atoms with van der Waals surface area (Å²) in [5.74, 6) is -1.13. The number of amides is 1. The minimum absolute atomic E-state index is 0.0755. The highest BCUT2D eigenvalue weighted by Gasteiger charge is 2.14. The Balaban J connectivity index is 1.75. The number of benzene rings is 3. The molecule has 166 valence electrons. The number of anilines is 1. The van der Waals surface area contributed by atoms with Crippen LogP contribution < -0.4 is 10.1 Å². The number of carbonyl (C=O) groups is 2. The zero-order valence-corrected chi connectivity index (χ0v) is 19.8. The number of ether oxygens (including phenoxy) is 1. The van der Waals surface area contributed by atoms with Crippen LogP contribution in [0.3, 0.4) is 0 Å². The fourth-order valence-corrected chi connectivity index (χ4v) is 3.91. The van der Waals surface area contributed by atoms with Gasteiger partial charge >= 0.3 is 5.97 Å². The molecule has 0 heterocycles. The third kappa shape index (κ3) is 6.22. The van der Waals surface area contributed by atoms with Gasteiger partial charge in [0.1, 0.15) is 18.2 Å². The summed E-state index contributed by atoms with van der Waals surface area (Å²) in [6, 6.07) is 18.8. The van der Waals surface area contributed by atoms with E-state index in [0.29, 0.717) is 21.5 Å². The number of hydrogen-bond acceptors (Lipinski definition) is 4. The van der Waals surface area contributed by atoms with Crippen molar-refractivity contribution in [1.29, 1.82) is 5.26 Å². The monoisotopic (exact) mass is 524 g/mol. The van der Waals surface area contributed by atoms with E-state index in [2.05, 4.69) is 21.2 Å². The van der Waals surface area contributed by atoms with E-state index in [1.807, 2.05) is 25.1 Å². The van der Waals surface area contributed by atoms with Crippen LogP contribution >= 0.6 is 27.5 Å². The van der Waals surface area contributed by atoms with Crippen LogP contribution in [0.5, 0.6) is 5.75 Å². The van der Waals surface area contributed by atoms with Crippen molar-refractivity contribution >= 4 is 51.2 Å². The topological polar surface area (TPSA) is 99.4 Å². The van der Waals surface area contributed by atoms with E-state index < -0.39 is 11.9 Å². The molecule has 0 atom stereocenters. The number of carboxylic acids is 1. The summed E-state index contributed by atoms with van der Waals surface area (Å²) in [6.07, 6.45) is 1.44. The van der Waals surface area contributed by atoms with Crippen LogP contribution in [0, 0.1) is 18.3 Å². The van der Waals surface area contributed by atoms with Gasteiger partial charge in [0.05, 0.1) is 15.1 Å². The average molecular weight is 526 g/mol. The van der Waals surface area contributed by atoms with E-state index in [0.717, 1.165) is 11.1 Å². The highest BCUT2D eigenvalue weighted by molar-refractivity contribution is 9.10. The summed E-state index contributed by atoms with van der Waals surface area (Å²) < 4.78 is 6.33. The minimum Gasteiger partial charge on any atom is -0.486 e. The maximum atomic E-state index is 12.6. The molecule has 0 fully saturated rings. The molecule has 0 radical (unpaired) electrons. The van der Waals surface area contributed by atoms with Gasteiger partial charge in [0, 0.05) is 5.69 Å². The largest absolute Gasteiger partial charge is 0.486 e. The number of nitriles is 1. The fraction of sp³-hybridized carbons (Fsp3) is 0.0800. The van der Waals surface area contributed by atoms with Gasteiger partial charge in [0.2, 0.25) is 0 Å². The van der Waals surface area contributed by atoms with Crippen molar-refractivity contribution < 1.29 is 19.4 Å². The number of nitrogens with one attached hydrogen (secondary N) is 1. The van der Waals surface area contributed by atoms with Crippen molar-refractivity contribution in [3.8, 4) is 11.8 Å². The second kappa shape index (κ2) is 10.8. The van der Waals surface area contributed by atoms with Gasteiger partial charge < -0.3 is 15.2 Å². The maximum Gasteiger partial charge on any atom is 0.335 e. The summed E-state index contributed by atoms with van der Waals surface area (Å²) in [6.45, 7) is 2.04. The molecule has 3 aromatic carbocycles. The molecule has 2 N–H and O–H groups in total. The van der Waals surface area contributed by atoms with Gasteiger partial charge in [-0.1, -0.05) is 41.9 Å². The predicted octanol–water partition coefficient (Wildman–Crippen LogP) is 6.23. The van der Waals surface area contributed by atoms with E-state index in [1.165, 1.54) is 18.2 Å². The molecule has 1 amide bonds. The van der Waals surface area contributed by atoms with Gasteiger partial charge in [-0.15, -0.1) is 0 Å². The van der Waals surface area contributed by atoms with Crippen LogP contribution in [0.15, 0.2) is 70.7 Å². The molecule has 0 bridgehead atoms. The van der Waals surface area contributed by atoms with Crippen LogP contribution in [0.25, 0.3) is 6.08 Å². The summed E-state index contributed by atoms with van der Waals surface area (Å²) in [4.78, 5) is 23.5. The molecular formula is C25H18BrClN2O4. The summed E-state index contributed by atoms with van der Waals surface area (Å²) in [5.41, 5.74) is 2.94. The molecule has 0 unspecified atom stereocenters. The van der Waals surface area contributed by atoms with Gasteiger partial charge in [-0.05, 0) is 76.0 Å². The van der Waals surface area contributed by atoms with E-state index >= 15 is 0 Å². The molecule has 0 aliphatic heterocycles. The number of aromatic carboxylic acids is 1. The zero-order chi connectivity index (χ0) is 24.0. The number of carboxylic acid groups (broad SMARTS) is 1. The molecule has 3 aromatic rings. The Morgan fingerprint density at radius 1 is 1.18 bits per heavy atom. The highest BCUT2D eigenvalue weighted by Crippen LogP contribution is 2.35. The van der Waals surface area contributed by atoms with Gasteiger partial charge in [0.25, 0.3) is 5.91 Å². The van der Waals surface area contributed by atoms with Crippen LogP contribution in [0.2, 0.25) is 5.02 Å². The fourth-order valence-electron chi connectivity index (χ4n) is 2.92. The van der Waals surface area contributed by atoms with Crippen LogP contribution in [0.1, 0.15) is 27.0 Å². The average Bonchev–Trinajstić information content (AvgIpc) is 2.78. The first-order chi connectivity index (χ1) is 15.8. The third-order valence-corrected chi connectivity index (χ3v) is 5.54. The Bertz CT molecular complexity index is 1260. The third-order valence-electron chi connectivity index (χ3n) is 4.67. The molecule has 33 heavy (non-hydrogen) atoms. The number of rotatable bonds is 7. The van der Waals surface area contributed by atoms with Gasteiger partial charge in [-0.3, -0.25) is 4.79 Å². The lowest BCUT2D eigenvalue weighted by atomic mass is 10.1. The Labute approximate surface area is 204 Å².